The summed E-state index contributed by atoms with van der Waals surface area (Å²) in [6.07, 6.45) is 4.37. The van der Waals surface area contributed by atoms with Crippen molar-refractivity contribution in [2.45, 2.75) is 37.8 Å². The zero-order valence-electron chi connectivity index (χ0n) is 11.6. The highest BCUT2D eigenvalue weighted by Crippen LogP contribution is 2.37. The predicted octanol–water partition coefficient (Wildman–Crippen LogP) is 2.24. The number of carboxylic acids is 1. The van der Waals surface area contributed by atoms with Gasteiger partial charge < -0.3 is 9.84 Å². The molecule has 108 valence electrons. The quantitative estimate of drug-likeness (QED) is 0.915. The molecule has 0 radical (unpaired) electrons. The first-order chi connectivity index (χ1) is 9.74. The van der Waals surface area contributed by atoms with Crippen LogP contribution >= 0.6 is 0 Å². The number of carbonyl (C=O) groups is 1. The molecule has 1 aliphatic carbocycles. The molecule has 0 aromatic heterocycles. The van der Waals surface area contributed by atoms with Crippen molar-refractivity contribution in [3.05, 3.63) is 35.4 Å². The first-order valence-corrected chi connectivity index (χ1v) is 7.39. The van der Waals surface area contributed by atoms with Gasteiger partial charge in [-0.15, -0.1) is 0 Å². The molecule has 0 bridgehead atoms. The highest BCUT2D eigenvalue weighted by molar-refractivity contribution is 5.68. The Hall–Kier alpha value is -1.39. The molecular weight excluding hydrogens is 254 g/mol. The van der Waals surface area contributed by atoms with Crippen molar-refractivity contribution in [3.8, 4) is 0 Å². The molecule has 1 N–H and O–H groups in total. The van der Waals surface area contributed by atoms with E-state index in [1.54, 1.807) is 0 Å². The molecule has 1 fully saturated rings. The number of hydrogen-bond donors (Lipinski definition) is 1. The van der Waals surface area contributed by atoms with Crippen molar-refractivity contribution in [3.63, 3.8) is 0 Å². The lowest BCUT2D eigenvalue weighted by molar-refractivity contribution is -0.145. The number of aryl methyl sites for hydroxylation is 1. The van der Waals surface area contributed by atoms with Crippen LogP contribution in [0.5, 0.6) is 0 Å². The Morgan fingerprint density at radius 2 is 2.00 bits per heavy atom. The average Bonchev–Trinajstić information content (AvgIpc) is 2.89. The number of ether oxygens (including phenoxy) is 1. The second-order valence-electron chi connectivity index (χ2n) is 5.69. The minimum absolute atomic E-state index is 0.110. The zero-order chi connectivity index (χ0) is 13.9. The summed E-state index contributed by atoms with van der Waals surface area (Å²) < 4.78 is 5.40. The highest BCUT2D eigenvalue weighted by atomic mass is 16.5. The number of rotatable bonds is 4. The summed E-state index contributed by atoms with van der Waals surface area (Å²) in [5.74, 6) is -0.878. The van der Waals surface area contributed by atoms with Crippen LogP contribution in [0.3, 0.4) is 0 Å². The molecule has 1 aromatic rings. The van der Waals surface area contributed by atoms with Crippen LogP contribution in [0.1, 0.15) is 36.4 Å². The average molecular weight is 275 g/mol. The fourth-order valence-electron chi connectivity index (χ4n) is 3.46. The van der Waals surface area contributed by atoms with E-state index in [1.165, 1.54) is 24.0 Å². The summed E-state index contributed by atoms with van der Waals surface area (Å²) in [6, 6.07) is 9.28. The molecule has 2 aliphatic rings. The summed E-state index contributed by atoms with van der Waals surface area (Å²) in [5, 5.41) is 8.64. The lowest BCUT2D eigenvalue weighted by Gasteiger charge is -2.36. The van der Waals surface area contributed by atoms with E-state index in [0.717, 1.165) is 25.9 Å². The minimum atomic E-state index is -0.878. The molecule has 4 nitrogen and oxygen atoms in total. The third kappa shape index (κ3) is 2.86. The lowest BCUT2D eigenvalue weighted by atomic mass is 10.0. The van der Waals surface area contributed by atoms with E-state index in [-0.39, 0.29) is 12.7 Å². The molecule has 3 rings (SSSR count). The van der Waals surface area contributed by atoms with Gasteiger partial charge >= 0.3 is 5.97 Å². The number of likely N-dealkylation sites (tertiary alicyclic amines) is 1. The second kappa shape index (κ2) is 5.94. The van der Waals surface area contributed by atoms with Gasteiger partial charge in [-0.1, -0.05) is 24.3 Å². The van der Waals surface area contributed by atoms with Crippen LogP contribution in [0.25, 0.3) is 0 Å². The van der Waals surface area contributed by atoms with Crippen molar-refractivity contribution in [2.75, 3.05) is 19.7 Å². The van der Waals surface area contributed by atoms with E-state index in [9.17, 15) is 4.79 Å². The van der Waals surface area contributed by atoms with Crippen molar-refractivity contribution < 1.29 is 14.6 Å². The van der Waals surface area contributed by atoms with Crippen LogP contribution in [-0.2, 0) is 16.0 Å². The van der Waals surface area contributed by atoms with Crippen molar-refractivity contribution in [2.24, 2.45) is 0 Å². The fraction of sp³-hybridized carbons (Fsp3) is 0.562. The van der Waals surface area contributed by atoms with Crippen LogP contribution in [0.4, 0.5) is 0 Å². The predicted molar refractivity (Wildman–Crippen MR) is 75.7 cm³/mol. The highest BCUT2D eigenvalue weighted by Gasteiger charge is 2.30. The third-order valence-electron chi connectivity index (χ3n) is 4.46. The van der Waals surface area contributed by atoms with Gasteiger partial charge in [-0.2, -0.15) is 0 Å². The fourth-order valence-corrected chi connectivity index (χ4v) is 3.46. The Kier molecular flexibility index (Phi) is 4.03. The van der Waals surface area contributed by atoms with Crippen LogP contribution in [0, 0.1) is 0 Å². The van der Waals surface area contributed by atoms with Crippen molar-refractivity contribution >= 4 is 5.97 Å². The van der Waals surface area contributed by atoms with Gasteiger partial charge in [-0.3, -0.25) is 4.90 Å². The first-order valence-electron chi connectivity index (χ1n) is 7.39. The molecule has 20 heavy (non-hydrogen) atoms. The molecule has 1 saturated heterocycles. The molecule has 1 aliphatic heterocycles. The smallest absolute Gasteiger partial charge is 0.329 e. The number of fused-ring (bicyclic) bond motifs is 1. The van der Waals surface area contributed by atoms with Gasteiger partial charge in [0, 0.05) is 19.1 Å². The number of carboxylic acid groups (broad SMARTS) is 1. The number of piperidine rings is 1. The summed E-state index contributed by atoms with van der Waals surface area (Å²) >= 11 is 0. The molecule has 1 unspecified atom stereocenters. The largest absolute Gasteiger partial charge is 0.480 e. The number of benzene rings is 1. The SMILES string of the molecule is O=C(O)COC1CCN(C2CCc3ccccc32)CC1. The topological polar surface area (TPSA) is 49.8 Å². The van der Waals surface area contributed by atoms with E-state index >= 15 is 0 Å². The Morgan fingerprint density at radius 3 is 2.75 bits per heavy atom. The van der Waals surface area contributed by atoms with Gasteiger partial charge in [0.1, 0.15) is 6.61 Å². The maximum absolute atomic E-state index is 10.5. The number of aliphatic carboxylic acids is 1. The van der Waals surface area contributed by atoms with Crippen LogP contribution in [0.15, 0.2) is 24.3 Å². The molecular formula is C16H21NO3. The van der Waals surface area contributed by atoms with Crippen LogP contribution in [0.2, 0.25) is 0 Å². The summed E-state index contributed by atoms with van der Waals surface area (Å²) in [4.78, 5) is 13.1. The lowest BCUT2D eigenvalue weighted by Crippen LogP contribution is -2.39. The molecule has 1 heterocycles. The van der Waals surface area contributed by atoms with Gasteiger partial charge in [0.05, 0.1) is 6.10 Å². The molecule has 1 atom stereocenters. The second-order valence-corrected chi connectivity index (χ2v) is 5.69. The van der Waals surface area contributed by atoms with Crippen molar-refractivity contribution in [1.82, 2.24) is 4.90 Å². The monoisotopic (exact) mass is 275 g/mol. The maximum atomic E-state index is 10.5. The van der Waals surface area contributed by atoms with Gasteiger partial charge in [0.15, 0.2) is 0 Å². The molecule has 0 saturated carbocycles. The standard InChI is InChI=1S/C16H21NO3/c18-16(19)11-20-13-7-9-17(10-8-13)15-6-5-12-3-1-2-4-14(12)15/h1-4,13,15H,5-11H2,(H,18,19). The summed E-state index contributed by atoms with van der Waals surface area (Å²) in [7, 11) is 0. The van der Waals surface area contributed by atoms with E-state index in [1.807, 2.05) is 0 Å². The number of hydrogen-bond acceptors (Lipinski definition) is 3. The Bertz CT molecular complexity index is 480. The molecule has 4 heteroatoms. The minimum Gasteiger partial charge on any atom is -0.480 e. The summed E-state index contributed by atoms with van der Waals surface area (Å²) in [6.45, 7) is 1.84. The normalized spacial score (nSPS) is 23.7. The Morgan fingerprint density at radius 1 is 1.25 bits per heavy atom. The molecule has 0 spiro atoms. The third-order valence-corrected chi connectivity index (χ3v) is 4.46. The van der Waals surface area contributed by atoms with Gasteiger partial charge in [-0.05, 0) is 36.8 Å². The van der Waals surface area contributed by atoms with E-state index in [0.29, 0.717) is 6.04 Å². The zero-order valence-corrected chi connectivity index (χ0v) is 11.6. The number of nitrogens with zero attached hydrogens (tertiary/aromatic N) is 1. The van der Waals surface area contributed by atoms with E-state index in [4.69, 9.17) is 9.84 Å². The van der Waals surface area contributed by atoms with Crippen molar-refractivity contribution in [1.29, 1.82) is 0 Å². The first kappa shape index (κ1) is 13.6. The van der Waals surface area contributed by atoms with Crippen LogP contribution < -0.4 is 0 Å². The Labute approximate surface area is 119 Å². The molecule has 0 amide bonds. The summed E-state index contributed by atoms with van der Waals surface area (Å²) in [5.41, 5.74) is 2.97. The van der Waals surface area contributed by atoms with Gasteiger partial charge in [-0.25, -0.2) is 4.79 Å². The van der Waals surface area contributed by atoms with Crippen LogP contribution in [-0.4, -0.2) is 41.8 Å². The Balaban J connectivity index is 1.56. The van der Waals surface area contributed by atoms with Gasteiger partial charge in [0.25, 0.3) is 0 Å². The maximum Gasteiger partial charge on any atom is 0.329 e. The van der Waals surface area contributed by atoms with E-state index in [2.05, 4.69) is 29.2 Å². The van der Waals surface area contributed by atoms with Gasteiger partial charge in [0.2, 0.25) is 0 Å². The molecule has 1 aromatic carbocycles. The van der Waals surface area contributed by atoms with E-state index < -0.39 is 5.97 Å².